The van der Waals surface area contributed by atoms with Crippen LogP contribution in [0.2, 0.25) is 0 Å². The first-order chi connectivity index (χ1) is 35.7. The molecule has 0 bridgehead atoms. The predicted molar refractivity (Wildman–Crippen MR) is 259 cm³/mol. The van der Waals surface area contributed by atoms with Gasteiger partial charge in [-0.3, -0.25) is 14.4 Å². The molecule has 4 N–H and O–H groups in total. The van der Waals surface area contributed by atoms with Crippen molar-refractivity contribution in [1.29, 1.82) is 0 Å². The molecule has 0 saturated carbocycles. The minimum Gasteiger partial charge on any atom is -0.475 e. The molecule has 0 unspecified atom stereocenters. The van der Waals surface area contributed by atoms with Gasteiger partial charge < -0.3 is 34.4 Å². The van der Waals surface area contributed by atoms with E-state index in [9.17, 15) is 28.0 Å². The van der Waals surface area contributed by atoms with Crippen molar-refractivity contribution in [2.75, 3.05) is 26.2 Å². The third-order valence-corrected chi connectivity index (χ3v) is 12.7. The molecule has 1 amide bonds. The summed E-state index contributed by atoms with van der Waals surface area (Å²) in [6.07, 6.45) is 21.7. The summed E-state index contributed by atoms with van der Waals surface area (Å²) in [5, 5.41) is 26.9. The number of aromatic nitrogens is 14. The van der Waals surface area contributed by atoms with Crippen molar-refractivity contribution in [2.45, 2.75) is 37.5 Å². The number of hydrogen-bond acceptors (Lipinski definition) is 13. The molecule has 0 atom stereocenters. The topological polar surface area (TPSA) is 258 Å². The number of carbonyl (C=O) groups excluding carboxylic acids is 3. The molecule has 2 fully saturated rings. The average Bonchev–Trinajstić information content (AvgIpc) is 4.30. The lowest BCUT2D eigenvalue weighted by Gasteiger charge is -2.31. The van der Waals surface area contributed by atoms with Gasteiger partial charge in [-0.05, 0) is 63.0 Å². The largest absolute Gasteiger partial charge is 0.475 e. The van der Waals surface area contributed by atoms with Gasteiger partial charge in [0, 0.05) is 73.5 Å². The fraction of sp³-hybridized carbons (Fsp3) is 0.200. The van der Waals surface area contributed by atoms with E-state index in [1.807, 2.05) is 48.8 Å². The van der Waals surface area contributed by atoms with Gasteiger partial charge in [0.15, 0.2) is 23.3 Å². The normalized spacial score (nSPS) is 14.1. The molecule has 0 aliphatic carbocycles. The van der Waals surface area contributed by atoms with Crippen LogP contribution in [0.25, 0.3) is 44.8 Å². The van der Waals surface area contributed by atoms with Crippen LogP contribution >= 0.6 is 0 Å². The molecule has 10 heterocycles. The van der Waals surface area contributed by atoms with Crippen LogP contribution in [0.15, 0.2) is 135 Å². The van der Waals surface area contributed by atoms with E-state index in [0.29, 0.717) is 31.8 Å². The zero-order chi connectivity index (χ0) is 50.4. The molecule has 0 spiro atoms. The zero-order valence-electron chi connectivity index (χ0n) is 38.7. The van der Waals surface area contributed by atoms with Crippen molar-refractivity contribution in [3.8, 4) is 23.0 Å². The Morgan fingerprint density at radius 1 is 0.575 bits per heavy atom. The third kappa shape index (κ3) is 9.63. The summed E-state index contributed by atoms with van der Waals surface area (Å²) >= 11 is 0. The number of pyridine rings is 2. The number of carbonyl (C=O) groups is 4. The van der Waals surface area contributed by atoms with E-state index in [1.165, 1.54) is 63.4 Å². The second-order valence-corrected chi connectivity index (χ2v) is 17.0. The van der Waals surface area contributed by atoms with Crippen molar-refractivity contribution >= 4 is 45.2 Å². The lowest BCUT2D eigenvalue weighted by Crippen LogP contribution is -2.42. The Balaban J connectivity index is 0.000000139. The van der Waals surface area contributed by atoms with Crippen molar-refractivity contribution in [3.63, 3.8) is 0 Å². The number of fused-ring (bicyclic) bond motifs is 2. The quantitative estimate of drug-likeness (QED) is 0.0913. The second kappa shape index (κ2) is 20.9. The Kier molecular flexibility index (Phi) is 13.6. The van der Waals surface area contributed by atoms with Gasteiger partial charge in [-0.1, -0.05) is 46.8 Å². The van der Waals surface area contributed by atoms with Crippen LogP contribution in [0, 0.1) is 11.6 Å². The van der Waals surface area contributed by atoms with Gasteiger partial charge in [-0.15, -0.1) is 10.2 Å². The summed E-state index contributed by atoms with van der Waals surface area (Å²) in [7, 11) is 0. The number of amides is 1. The minimum atomic E-state index is -1.66. The van der Waals surface area contributed by atoms with E-state index in [-0.39, 0.29) is 50.5 Å². The van der Waals surface area contributed by atoms with Crippen LogP contribution in [0.3, 0.4) is 0 Å². The number of H-pyrrole nitrogens is 2. The van der Waals surface area contributed by atoms with Gasteiger partial charge in [0.25, 0.3) is 17.5 Å². The average molecular weight is 987 g/mol. The van der Waals surface area contributed by atoms with Crippen molar-refractivity contribution in [2.24, 2.45) is 0 Å². The summed E-state index contributed by atoms with van der Waals surface area (Å²) in [6.45, 7) is 3.03. The summed E-state index contributed by atoms with van der Waals surface area (Å²) in [5.41, 5.74) is 2.37. The number of ketones is 2. The monoisotopic (exact) mass is 986 g/mol. The summed E-state index contributed by atoms with van der Waals surface area (Å²) in [5.74, 6) is -2.40. The van der Waals surface area contributed by atoms with E-state index in [1.54, 1.807) is 12.4 Å². The van der Waals surface area contributed by atoms with Crippen LogP contribution in [-0.4, -0.2) is 129 Å². The molecule has 73 heavy (non-hydrogen) atoms. The van der Waals surface area contributed by atoms with Crippen LogP contribution in [0.1, 0.15) is 69.9 Å². The highest BCUT2D eigenvalue weighted by molar-refractivity contribution is 6.45. The number of halogens is 2. The number of nitrogens with one attached hydrogen (secondary N) is 3. The number of carboxylic acid groups (broad SMARTS) is 1. The number of imidazole rings is 2. The van der Waals surface area contributed by atoms with Crippen LogP contribution in [-0.2, 0) is 9.59 Å². The van der Waals surface area contributed by atoms with Gasteiger partial charge in [-0.2, -0.15) is 0 Å². The molecular formula is C50H44F2N16O5. The smallest absolute Gasteiger partial charge is 0.377 e. The third-order valence-electron chi connectivity index (χ3n) is 12.7. The molecule has 2 aliphatic rings. The first-order valence-corrected chi connectivity index (χ1v) is 23.2. The van der Waals surface area contributed by atoms with Crippen LogP contribution in [0.5, 0.6) is 0 Å². The van der Waals surface area contributed by atoms with E-state index >= 15 is 0 Å². The number of nitrogens with zero attached hydrogens (tertiary/aromatic N) is 13. The number of hydrogen-bond donors (Lipinski definition) is 4. The number of aromatic amines is 2. The molecule has 368 valence electrons. The molecule has 21 nitrogen and oxygen atoms in total. The first-order valence-electron chi connectivity index (χ1n) is 23.2. The standard InChI is InChI=1S/C25H21FN8O2.C14H17N3.C11H6FN5O3/c26-19-15-29-24(34-13-9-30-31-34)21-20(19)18(14-28-21)22(35)25(36)32-10-6-16(7-11-32)23-27-8-12-33(23)17-4-2-1-3-5-17;1-2-4-13(5-3-1)17-11-10-16-14(17)12-6-8-15-9-7-12;12-6-4-14-10(17-2-1-15-16-17)8-7(6)5(3-13-8)9(18)11(19)20/h1-5,8-9,12-16,28H,6-7,10-11H2;1-5,10-12,15H,6-9H2;1-4,13H,(H,19,20). The maximum Gasteiger partial charge on any atom is 0.377 e. The number of benzene rings is 2. The Bertz CT molecular complexity index is 3540. The molecular weight excluding hydrogens is 943 g/mol. The molecule has 12 rings (SSSR count). The summed E-state index contributed by atoms with van der Waals surface area (Å²) in [6, 6.07) is 20.4. The Morgan fingerprint density at radius 2 is 1.04 bits per heavy atom. The minimum absolute atomic E-state index is 0.00799. The molecule has 2 aromatic carbocycles. The number of Topliss-reactive ketones (excluding diaryl/α,β-unsaturated/α-hetero) is 2. The molecule has 2 saturated heterocycles. The Morgan fingerprint density at radius 3 is 1.49 bits per heavy atom. The van der Waals surface area contributed by atoms with E-state index in [0.717, 1.165) is 43.2 Å². The Labute approximate surface area is 412 Å². The summed E-state index contributed by atoms with van der Waals surface area (Å²) in [4.78, 5) is 72.6. The predicted octanol–water partition coefficient (Wildman–Crippen LogP) is 5.95. The zero-order valence-corrected chi connectivity index (χ0v) is 38.7. The highest BCUT2D eigenvalue weighted by Crippen LogP contribution is 2.31. The number of para-hydroxylation sites is 2. The molecule has 0 radical (unpaired) electrons. The molecule has 2 aliphatic heterocycles. The fourth-order valence-electron chi connectivity index (χ4n) is 9.18. The van der Waals surface area contributed by atoms with Gasteiger partial charge in [0.1, 0.15) is 11.6 Å². The first kappa shape index (κ1) is 47.3. The van der Waals surface area contributed by atoms with E-state index in [4.69, 9.17) is 5.11 Å². The van der Waals surface area contributed by atoms with Gasteiger partial charge >= 0.3 is 5.97 Å². The summed E-state index contributed by atoms with van der Waals surface area (Å²) < 4.78 is 35.5. The number of rotatable bonds is 10. The maximum absolute atomic E-state index is 14.7. The van der Waals surface area contributed by atoms with Crippen molar-refractivity contribution in [1.82, 2.24) is 79.2 Å². The fourth-order valence-corrected chi connectivity index (χ4v) is 9.18. The van der Waals surface area contributed by atoms with Gasteiger partial charge in [0.05, 0.1) is 70.1 Å². The van der Waals surface area contributed by atoms with Crippen LogP contribution in [0.4, 0.5) is 8.78 Å². The highest BCUT2D eigenvalue weighted by Gasteiger charge is 2.32. The molecule has 8 aromatic heterocycles. The van der Waals surface area contributed by atoms with Gasteiger partial charge in [-0.25, -0.2) is 42.9 Å². The SMILES string of the molecule is O=C(C(=O)N1CCC(c2nccn2-c2ccccc2)CC1)c1c[nH]c2c(-n3ccnn3)ncc(F)c12.O=C(O)C(=O)c1c[nH]c2c(-n3ccnn3)ncc(F)c12.c1ccc(-n2ccnc2C2CCNCC2)cc1. The maximum atomic E-state index is 14.7. The number of piperidine rings is 2. The lowest BCUT2D eigenvalue weighted by molar-refractivity contribution is -0.131. The molecule has 10 aromatic rings. The number of carboxylic acids is 1. The lowest BCUT2D eigenvalue weighted by atomic mass is 9.95. The number of likely N-dealkylation sites (tertiary alicyclic amines) is 1. The second-order valence-electron chi connectivity index (χ2n) is 17.0. The van der Waals surface area contributed by atoms with E-state index < -0.39 is 35.1 Å². The van der Waals surface area contributed by atoms with Crippen molar-refractivity contribution in [3.05, 3.63) is 169 Å². The Hall–Kier alpha value is -9.38. The highest BCUT2D eigenvalue weighted by atomic mass is 19.1. The molecule has 23 heteroatoms. The van der Waals surface area contributed by atoms with Crippen LogP contribution < -0.4 is 5.32 Å². The van der Waals surface area contributed by atoms with Crippen molar-refractivity contribution < 1.29 is 33.1 Å². The number of aliphatic carboxylic acids is 1. The van der Waals surface area contributed by atoms with E-state index in [2.05, 4.69) is 95.4 Å². The van der Waals surface area contributed by atoms with Gasteiger partial charge in [0.2, 0.25) is 0 Å².